The van der Waals surface area contributed by atoms with Gasteiger partial charge in [0.1, 0.15) is 0 Å². The zero-order valence-corrected chi connectivity index (χ0v) is 12.9. The van der Waals surface area contributed by atoms with Crippen LogP contribution in [0.1, 0.15) is 16.8 Å². The molecule has 3 heterocycles. The molecule has 4 nitrogen and oxygen atoms in total. The quantitative estimate of drug-likeness (QED) is 0.738. The van der Waals surface area contributed by atoms with Crippen LogP contribution in [-0.4, -0.2) is 26.4 Å². The van der Waals surface area contributed by atoms with E-state index in [0.717, 1.165) is 26.1 Å². The lowest BCUT2D eigenvalue weighted by Gasteiger charge is -2.28. The lowest BCUT2D eigenvalue weighted by molar-refractivity contribution is 0.242. The first kappa shape index (κ1) is 13.5. The third-order valence-corrected chi connectivity index (χ3v) is 4.43. The van der Waals surface area contributed by atoms with Gasteiger partial charge in [-0.3, -0.25) is 9.88 Å². The summed E-state index contributed by atoms with van der Waals surface area (Å²) in [6, 6.07) is 8.52. The van der Waals surface area contributed by atoms with Crippen molar-refractivity contribution in [2.75, 3.05) is 6.54 Å². The summed E-state index contributed by atoms with van der Waals surface area (Å²) in [5.41, 5.74) is 3.83. The molecule has 0 saturated heterocycles. The molecule has 2 aromatic heterocycles. The van der Waals surface area contributed by atoms with E-state index < -0.39 is 0 Å². The van der Waals surface area contributed by atoms with Crippen LogP contribution in [-0.2, 0) is 19.5 Å². The van der Waals surface area contributed by atoms with Crippen LogP contribution in [0.3, 0.4) is 0 Å². The SMILES string of the molecule is S=c1ncc2c([nH]1)CN(Cc1cccc3cnccc13)CC2. The highest BCUT2D eigenvalue weighted by atomic mass is 32.1. The first-order valence-corrected chi connectivity index (χ1v) is 7.81. The Morgan fingerprint density at radius 2 is 2.18 bits per heavy atom. The number of aromatic nitrogens is 3. The minimum absolute atomic E-state index is 0.567. The molecule has 1 aliphatic rings. The van der Waals surface area contributed by atoms with Gasteiger partial charge in [-0.1, -0.05) is 18.2 Å². The van der Waals surface area contributed by atoms with E-state index in [9.17, 15) is 0 Å². The number of rotatable bonds is 2. The van der Waals surface area contributed by atoms with E-state index in [-0.39, 0.29) is 0 Å². The van der Waals surface area contributed by atoms with Crippen LogP contribution in [0.5, 0.6) is 0 Å². The van der Waals surface area contributed by atoms with E-state index in [0.29, 0.717) is 4.77 Å². The van der Waals surface area contributed by atoms with E-state index in [1.165, 1.54) is 27.6 Å². The molecule has 0 spiro atoms. The third kappa shape index (κ3) is 2.53. The molecule has 110 valence electrons. The number of benzene rings is 1. The molecule has 0 atom stereocenters. The van der Waals surface area contributed by atoms with Crippen molar-refractivity contribution in [3.63, 3.8) is 0 Å². The number of aromatic amines is 1. The number of pyridine rings is 1. The van der Waals surface area contributed by atoms with Crippen LogP contribution in [0.4, 0.5) is 0 Å². The van der Waals surface area contributed by atoms with Gasteiger partial charge in [0.2, 0.25) is 0 Å². The fourth-order valence-corrected chi connectivity index (χ4v) is 3.27. The van der Waals surface area contributed by atoms with E-state index in [4.69, 9.17) is 12.2 Å². The molecular weight excluding hydrogens is 292 g/mol. The van der Waals surface area contributed by atoms with Crippen LogP contribution >= 0.6 is 12.2 Å². The standard InChI is InChI=1S/C17H16N4S/c22-17-19-9-13-5-7-21(11-16(13)20-17)10-14-3-1-2-12-8-18-6-4-15(12)14/h1-4,6,8-9H,5,7,10-11H2,(H,19,20,22). The Labute approximate surface area is 133 Å². The minimum Gasteiger partial charge on any atom is -0.333 e. The van der Waals surface area contributed by atoms with Gasteiger partial charge < -0.3 is 4.98 Å². The maximum absolute atomic E-state index is 5.14. The molecular formula is C17H16N4S. The average Bonchev–Trinajstić information content (AvgIpc) is 2.55. The van der Waals surface area contributed by atoms with Crippen LogP contribution in [0, 0.1) is 4.77 Å². The molecule has 5 heteroatoms. The molecule has 1 aromatic carbocycles. The second-order valence-electron chi connectivity index (χ2n) is 5.67. The molecule has 1 N–H and O–H groups in total. The van der Waals surface area contributed by atoms with Crippen LogP contribution in [0.15, 0.2) is 42.9 Å². The Kier molecular flexibility index (Phi) is 3.44. The smallest absolute Gasteiger partial charge is 0.196 e. The Bertz CT molecular complexity index is 882. The number of hydrogen-bond acceptors (Lipinski definition) is 4. The lowest BCUT2D eigenvalue weighted by Crippen LogP contribution is -2.31. The van der Waals surface area contributed by atoms with E-state index in [2.05, 4.69) is 44.1 Å². The van der Waals surface area contributed by atoms with Crippen molar-refractivity contribution in [1.82, 2.24) is 19.9 Å². The molecule has 0 fully saturated rings. The Balaban J connectivity index is 1.63. The first-order chi connectivity index (χ1) is 10.8. The second-order valence-corrected chi connectivity index (χ2v) is 6.05. The maximum Gasteiger partial charge on any atom is 0.196 e. The molecule has 3 aromatic rings. The van der Waals surface area contributed by atoms with Gasteiger partial charge in [0.15, 0.2) is 4.77 Å². The van der Waals surface area contributed by atoms with Crippen LogP contribution < -0.4 is 0 Å². The highest BCUT2D eigenvalue weighted by Gasteiger charge is 2.17. The van der Waals surface area contributed by atoms with Gasteiger partial charge in [-0.15, -0.1) is 0 Å². The zero-order chi connectivity index (χ0) is 14.9. The van der Waals surface area contributed by atoms with Crippen molar-refractivity contribution < 1.29 is 0 Å². The van der Waals surface area contributed by atoms with Crippen molar-refractivity contribution in [3.8, 4) is 0 Å². The highest BCUT2D eigenvalue weighted by Crippen LogP contribution is 2.22. The summed E-state index contributed by atoms with van der Waals surface area (Å²) < 4.78 is 0.567. The second kappa shape index (κ2) is 5.59. The fraction of sp³-hybridized carbons (Fsp3) is 0.235. The predicted molar refractivity (Wildman–Crippen MR) is 89.0 cm³/mol. The van der Waals surface area contributed by atoms with E-state index in [1.807, 2.05) is 18.6 Å². The summed E-state index contributed by atoms with van der Waals surface area (Å²) >= 11 is 5.14. The first-order valence-electron chi connectivity index (χ1n) is 7.41. The number of nitrogens with one attached hydrogen (secondary N) is 1. The highest BCUT2D eigenvalue weighted by molar-refractivity contribution is 7.71. The van der Waals surface area contributed by atoms with Gasteiger partial charge in [0.05, 0.1) is 0 Å². The van der Waals surface area contributed by atoms with E-state index in [1.54, 1.807) is 0 Å². The largest absolute Gasteiger partial charge is 0.333 e. The van der Waals surface area contributed by atoms with Gasteiger partial charge in [-0.2, -0.15) is 0 Å². The van der Waals surface area contributed by atoms with Crippen molar-refractivity contribution in [2.45, 2.75) is 19.5 Å². The molecule has 0 unspecified atom stereocenters. The van der Waals surface area contributed by atoms with Crippen molar-refractivity contribution in [3.05, 3.63) is 64.4 Å². The Hall–Kier alpha value is -2.11. The molecule has 0 radical (unpaired) electrons. The summed E-state index contributed by atoms with van der Waals surface area (Å²) in [5.74, 6) is 0. The summed E-state index contributed by atoms with van der Waals surface area (Å²) in [7, 11) is 0. The molecule has 0 aliphatic carbocycles. The van der Waals surface area contributed by atoms with Gasteiger partial charge >= 0.3 is 0 Å². The van der Waals surface area contributed by atoms with Gasteiger partial charge in [-0.25, -0.2) is 4.98 Å². The van der Waals surface area contributed by atoms with Crippen LogP contribution in [0.25, 0.3) is 10.8 Å². The zero-order valence-electron chi connectivity index (χ0n) is 12.1. The van der Waals surface area contributed by atoms with E-state index >= 15 is 0 Å². The summed E-state index contributed by atoms with van der Waals surface area (Å²) in [6.07, 6.45) is 6.71. The molecule has 4 rings (SSSR count). The topological polar surface area (TPSA) is 44.8 Å². The lowest BCUT2D eigenvalue weighted by atomic mass is 10.0. The monoisotopic (exact) mass is 308 g/mol. The molecule has 0 amide bonds. The molecule has 1 aliphatic heterocycles. The van der Waals surface area contributed by atoms with Crippen LogP contribution in [0.2, 0.25) is 0 Å². The summed E-state index contributed by atoms with van der Waals surface area (Å²) in [4.78, 5) is 14.1. The predicted octanol–water partition coefficient (Wildman–Crippen LogP) is 3.25. The average molecular weight is 308 g/mol. The molecule has 0 bridgehead atoms. The van der Waals surface area contributed by atoms with Crippen molar-refractivity contribution >= 4 is 23.0 Å². The number of H-pyrrole nitrogens is 1. The fourth-order valence-electron chi connectivity index (χ4n) is 3.10. The maximum atomic E-state index is 5.14. The number of fused-ring (bicyclic) bond motifs is 2. The van der Waals surface area contributed by atoms with Crippen molar-refractivity contribution in [2.24, 2.45) is 0 Å². The normalized spacial score (nSPS) is 14.9. The summed E-state index contributed by atoms with van der Waals surface area (Å²) in [6.45, 7) is 2.87. The Morgan fingerprint density at radius 3 is 3.14 bits per heavy atom. The number of nitrogens with zero attached hydrogens (tertiary/aromatic N) is 3. The minimum atomic E-state index is 0.567. The summed E-state index contributed by atoms with van der Waals surface area (Å²) in [5, 5.41) is 2.48. The van der Waals surface area contributed by atoms with Gasteiger partial charge in [-0.05, 0) is 41.2 Å². The van der Waals surface area contributed by atoms with Gasteiger partial charge in [0, 0.05) is 49.3 Å². The van der Waals surface area contributed by atoms with Crippen molar-refractivity contribution in [1.29, 1.82) is 0 Å². The third-order valence-electron chi connectivity index (χ3n) is 4.23. The molecule has 22 heavy (non-hydrogen) atoms. The Morgan fingerprint density at radius 1 is 1.23 bits per heavy atom. The number of hydrogen-bond donors (Lipinski definition) is 1. The van der Waals surface area contributed by atoms with Gasteiger partial charge in [0.25, 0.3) is 0 Å². The molecule has 0 saturated carbocycles.